The highest BCUT2D eigenvalue weighted by atomic mass is 35.5. The maximum Gasteiger partial charge on any atom is 0.417 e. The van der Waals surface area contributed by atoms with Crippen molar-refractivity contribution in [2.75, 3.05) is 0 Å². The summed E-state index contributed by atoms with van der Waals surface area (Å²) in [5.41, 5.74) is -0.347. The van der Waals surface area contributed by atoms with Gasteiger partial charge in [0, 0.05) is 16.8 Å². The minimum atomic E-state index is -4.44. The lowest BCUT2D eigenvalue weighted by Crippen LogP contribution is -2.08. The van der Waals surface area contributed by atoms with E-state index in [-0.39, 0.29) is 5.69 Å². The molecule has 1 heterocycles. The van der Waals surface area contributed by atoms with Gasteiger partial charge in [-0.3, -0.25) is 4.98 Å². The molecule has 1 aromatic carbocycles. The van der Waals surface area contributed by atoms with Crippen LogP contribution in [-0.4, -0.2) is 10.1 Å². The van der Waals surface area contributed by atoms with Crippen LogP contribution in [0.5, 0.6) is 0 Å². The van der Waals surface area contributed by atoms with Gasteiger partial charge in [-0.2, -0.15) is 13.2 Å². The van der Waals surface area contributed by atoms with Crippen LogP contribution in [0.1, 0.15) is 22.9 Å². The number of pyridine rings is 1. The number of aliphatic hydroxyl groups excluding tert-OH is 1. The van der Waals surface area contributed by atoms with Gasteiger partial charge in [0.1, 0.15) is 6.10 Å². The van der Waals surface area contributed by atoms with Crippen molar-refractivity contribution >= 4 is 11.6 Å². The van der Waals surface area contributed by atoms with E-state index in [1.807, 2.05) is 0 Å². The fourth-order valence-electron chi connectivity index (χ4n) is 1.59. The zero-order valence-electron chi connectivity index (χ0n) is 9.53. The highest BCUT2D eigenvalue weighted by Gasteiger charge is 2.31. The van der Waals surface area contributed by atoms with Crippen molar-refractivity contribution in [2.24, 2.45) is 0 Å². The molecule has 0 spiro atoms. The maximum absolute atomic E-state index is 12.4. The van der Waals surface area contributed by atoms with E-state index in [2.05, 4.69) is 4.98 Å². The van der Waals surface area contributed by atoms with Gasteiger partial charge >= 0.3 is 6.18 Å². The predicted octanol–water partition coefficient (Wildman–Crippen LogP) is 3.84. The van der Waals surface area contributed by atoms with Crippen LogP contribution in [0.4, 0.5) is 13.2 Å². The van der Waals surface area contributed by atoms with E-state index in [1.54, 1.807) is 24.3 Å². The molecule has 1 unspecified atom stereocenters. The normalized spacial score (nSPS) is 13.3. The summed E-state index contributed by atoms with van der Waals surface area (Å²) < 4.78 is 37.2. The Balaban J connectivity index is 2.31. The first kappa shape index (κ1) is 13.8. The van der Waals surface area contributed by atoms with Crippen LogP contribution in [0.25, 0.3) is 0 Å². The van der Waals surface area contributed by atoms with Gasteiger partial charge in [-0.25, -0.2) is 0 Å². The number of halogens is 4. The summed E-state index contributed by atoms with van der Waals surface area (Å²) in [5.74, 6) is 0. The molecule has 1 atom stereocenters. The molecule has 0 amide bonds. The summed E-state index contributed by atoms with van der Waals surface area (Å²) in [5, 5.41) is 10.4. The van der Waals surface area contributed by atoms with Crippen LogP contribution in [-0.2, 0) is 6.18 Å². The van der Waals surface area contributed by atoms with Gasteiger partial charge < -0.3 is 5.11 Å². The van der Waals surface area contributed by atoms with E-state index in [0.29, 0.717) is 16.8 Å². The summed E-state index contributed by atoms with van der Waals surface area (Å²) in [7, 11) is 0. The first-order valence-corrected chi connectivity index (χ1v) is 5.73. The van der Waals surface area contributed by atoms with Crippen LogP contribution in [0.3, 0.4) is 0 Å². The van der Waals surface area contributed by atoms with Gasteiger partial charge in [-0.1, -0.05) is 29.8 Å². The van der Waals surface area contributed by atoms with Crippen molar-refractivity contribution in [3.63, 3.8) is 0 Å². The molecule has 1 N–H and O–H groups in total. The SMILES string of the molecule is OC(c1ccc(C(F)(F)F)cn1)c1ccccc1Cl. The molecule has 0 aliphatic heterocycles. The molecule has 0 aliphatic rings. The van der Waals surface area contributed by atoms with Crippen LogP contribution in [0.15, 0.2) is 42.6 Å². The number of hydrogen-bond donors (Lipinski definition) is 1. The van der Waals surface area contributed by atoms with Gasteiger partial charge in [0.05, 0.1) is 11.3 Å². The van der Waals surface area contributed by atoms with Gasteiger partial charge in [-0.15, -0.1) is 0 Å². The fourth-order valence-corrected chi connectivity index (χ4v) is 1.83. The maximum atomic E-state index is 12.4. The molecule has 0 bridgehead atoms. The zero-order valence-corrected chi connectivity index (χ0v) is 10.3. The number of benzene rings is 1. The minimum absolute atomic E-state index is 0.112. The molecule has 2 rings (SSSR count). The van der Waals surface area contributed by atoms with Crippen LogP contribution in [0.2, 0.25) is 5.02 Å². The summed E-state index contributed by atoms with van der Waals surface area (Å²) in [6.07, 6.45) is -4.91. The molecule has 0 fully saturated rings. The van der Waals surface area contributed by atoms with Crippen molar-refractivity contribution in [2.45, 2.75) is 12.3 Å². The third kappa shape index (κ3) is 3.05. The Morgan fingerprint density at radius 3 is 2.32 bits per heavy atom. The molecule has 1 aromatic heterocycles. The van der Waals surface area contributed by atoms with E-state index >= 15 is 0 Å². The molecule has 100 valence electrons. The summed E-state index contributed by atoms with van der Waals surface area (Å²) >= 11 is 5.91. The van der Waals surface area contributed by atoms with Crippen molar-refractivity contribution < 1.29 is 18.3 Å². The fraction of sp³-hybridized carbons (Fsp3) is 0.154. The highest BCUT2D eigenvalue weighted by molar-refractivity contribution is 6.31. The van der Waals surface area contributed by atoms with Crippen LogP contribution < -0.4 is 0 Å². The van der Waals surface area contributed by atoms with E-state index in [4.69, 9.17) is 11.6 Å². The van der Waals surface area contributed by atoms with E-state index in [9.17, 15) is 18.3 Å². The second kappa shape index (κ2) is 5.19. The molecule has 19 heavy (non-hydrogen) atoms. The Labute approximate surface area is 112 Å². The molecular weight excluding hydrogens is 279 g/mol. The lowest BCUT2D eigenvalue weighted by atomic mass is 10.1. The Morgan fingerprint density at radius 1 is 1.11 bits per heavy atom. The van der Waals surface area contributed by atoms with E-state index in [0.717, 1.165) is 12.1 Å². The molecule has 0 aliphatic carbocycles. The standard InChI is InChI=1S/C13H9ClF3NO/c14-10-4-2-1-3-9(10)12(19)11-6-5-8(7-18-11)13(15,16)17/h1-7,12,19H. The summed E-state index contributed by atoms with van der Waals surface area (Å²) in [6, 6.07) is 8.56. The molecule has 2 aromatic rings. The number of rotatable bonds is 2. The topological polar surface area (TPSA) is 33.1 Å². The number of nitrogens with zero attached hydrogens (tertiary/aromatic N) is 1. The number of alkyl halides is 3. The average Bonchev–Trinajstić information content (AvgIpc) is 2.38. The largest absolute Gasteiger partial charge is 0.417 e. The third-order valence-electron chi connectivity index (χ3n) is 2.59. The minimum Gasteiger partial charge on any atom is -0.382 e. The Kier molecular flexibility index (Phi) is 3.78. The Morgan fingerprint density at radius 2 is 1.79 bits per heavy atom. The lowest BCUT2D eigenvalue weighted by molar-refractivity contribution is -0.137. The predicted molar refractivity (Wildman–Crippen MR) is 64.8 cm³/mol. The monoisotopic (exact) mass is 287 g/mol. The molecule has 0 saturated heterocycles. The number of aliphatic hydroxyl groups is 1. The van der Waals surface area contributed by atoms with Crippen molar-refractivity contribution in [1.29, 1.82) is 0 Å². The number of aromatic nitrogens is 1. The van der Waals surface area contributed by atoms with E-state index < -0.39 is 17.8 Å². The lowest BCUT2D eigenvalue weighted by Gasteiger charge is -2.13. The second-order valence-electron chi connectivity index (χ2n) is 3.89. The van der Waals surface area contributed by atoms with Gasteiger partial charge in [0.2, 0.25) is 0 Å². The smallest absolute Gasteiger partial charge is 0.382 e. The molecule has 2 nitrogen and oxygen atoms in total. The van der Waals surface area contributed by atoms with Gasteiger partial charge in [0.15, 0.2) is 0 Å². The van der Waals surface area contributed by atoms with Gasteiger partial charge in [0.25, 0.3) is 0 Å². The van der Waals surface area contributed by atoms with Crippen molar-refractivity contribution in [3.8, 4) is 0 Å². The molecule has 6 heteroatoms. The van der Waals surface area contributed by atoms with Crippen LogP contribution in [0, 0.1) is 0 Å². The van der Waals surface area contributed by atoms with Crippen molar-refractivity contribution in [1.82, 2.24) is 4.98 Å². The van der Waals surface area contributed by atoms with Gasteiger partial charge in [-0.05, 0) is 18.2 Å². The Hall–Kier alpha value is -1.59. The zero-order chi connectivity index (χ0) is 14.0. The number of hydrogen-bond acceptors (Lipinski definition) is 2. The Bertz CT molecular complexity index is 569. The quantitative estimate of drug-likeness (QED) is 0.910. The first-order chi connectivity index (χ1) is 8.89. The highest BCUT2D eigenvalue weighted by Crippen LogP contribution is 2.31. The van der Waals surface area contributed by atoms with Crippen molar-refractivity contribution in [3.05, 3.63) is 64.4 Å². The second-order valence-corrected chi connectivity index (χ2v) is 4.30. The molecular formula is C13H9ClF3NO. The first-order valence-electron chi connectivity index (χ1n) is 5.35. The molecule has 0 radical (unpaired) electrons. The molecule has 0 saturated carbocycles. The van der Waals surface area contributed by atoms with E-state index in [1.165, 1.54) is 0 Å². The summed E-state index contributed by atoms with van der Waals surface area (Å²) in [4.78, 5) is 3.63. The third-order valence-corrected chi connectivity index (χ3v) is 2.94. The summed E-state index contributed by atoms with van der Waals surface area (Å²) in [6.45, 7) is 0. The van der Waals surface area contributed by atoms with Crippen LogP contribution >= 0.6 is 11.6 Å². The average molecular weight is 288 g/mol.